The van der Waals surface area contributed by atoms with Crippen LogP contribution in [0.15, 0.2) is 30.3 Å². The molecule has 1 unspecified atom stereocenters. The molecule has 1 atom stereocenters. The van der Waals surface area contributed by atoms with E-state index in [1.165, 1.54) is 12.1 Å². The zero-order chi connectivity index (χ0) is 8.27. The number of carbonyl (C=O) groups is 1. The van der Waals surface area contributed by atoms with Gasteiger partial charge in [0.25, 0.3) is 0 Å². The molecule has 4 heteroatoms. The minimum Gasteiger partial charge on any atom is -0.766 e. The van der Waals surface area contributed by atoms with Crippen molar-refractivity contribution in [3.63, 3.8) is 0 Å². The van der Waals surface area contributed by atoms with Crippen LogP contribution >= 0.6 is 0 Å². The predicted octanol–water partition coefficient (Wildman–Crippen LogP) is 0.706. The Bertz CT molecular complexity index is 281. The summed E-state index contributed by atoms with van der Waals surface area (Å²) in [5, 5.41) is -0.870. The second kappa shape index (κ2) is 3.41. The zero-order valence-corrected chi connectivity index (χ0v) is 6.34. The summed E-state index contributed by atoms with van der Waals surface area (Å²) < 4.78 is 20.3. The number of benzene rings is 1. The number of carbonyl (C=O) groups excluding carboxylic acids is 1. The van der Waals surface area contributed by atoms with Gasteiger partial charge in [-0.15, -0.1) is 0 Å². The Balaban J connectivity index is 2.95. The van der Waals surface area contributed by atoms with E-state index in [2.05, 4.69) is 0 Å². The van der Waals surface area contributed by atoms with Crippen LogP contribution in [0.5, 0.6) is 0 Å². The standard InChI is InChI=1S/C7H6O3S/c8-7(11(9)10)6-4-2-1-3-5-6/h1-5H,(H,9,10)/p-1. The van der Waals surface area contributed by atoms with Gasteiger partial charge in [-0.25, -0.2) is 0 Å². The second-order valence-corrected chi connectivity index (χ2v) is 2.73. The molecule has 0 spiro atoms. The predicted molar refractivity (Wildman–Crippen MR) is 39.7 cm³/mol. The van der Waals surface area contributed by atoms with Gasteiger partial charge in [-0.2, -0.15) is 0 Å². The van der Waals surface area contributed by atoms with Crippen molar-refractivity contribution < 1.29 is 13.6 Å². The lowest BCUT2D eigenvalue weighted by Crippen LogP contribution is -2.05. The third-order valence-corrected chi connectivity index (χ3v) is 1.70. The second-order valence-electron chi connectivity index (χ2n) is 1.89. The normalized spacial score (nSPS) is 12.5. The fourth-order valence-electron chi connectivity index (χ4n) is 0.670. The first kappa shape index (κ1) is 8.10. The summed E-state index contributed by atoms with van der Waals surface area (Å²) in [7, 11) is 0. The van der Waals surface area contributed by atoms with Crippen molar-refractivity contribution in [1.82, 2.24) is 0 Å². The summed E-state index contributed by atoms with van der Waals surface area (Å²) in [6, 6.07) is 7.85. The van der Waals surface area contributed by atoms with Crippen LogP contribution in [0, 0.1) is 0 Å². The van der Waals surface area contributed by atoms with E-state index in [4.69, 9.17) is 0 Å². The van der Waals surface area contributed by atoms with E-state index in [9.17, 15) is 13.6 Å². The Morgan fingerprint density at radius 2 is 1.82 bits per heavy atom. The maximum Gasteiger partial charge on any atom is 0.236 e. The van der Waals surface area contributed by atoms with Crippen LogP contribution in [0.25, 0.3) is 0 Å². The summed E-state index contributed by atoms with van der Waals surface area (Å²) in [5.41, 5.74) is 0.195. The average Bonchev–Trinajstić information content (AvgIpc) is 2.05. The number of hydrogen-bond donors (Lipinski definition) is 0. The average molecular weight is 169 g/mol. The lowest BCUT2D eigenvalue weighted by molar-refractivity contribution is 0.107. The highest BCUT2D eigenvalue weighted by molar-refractivity contribution is 7.95. The molecule has 0 amide bonds. The summed E-state index contributed by atoms with van der Waals surface area (Å²) in [4.78, 5) is 10.7. The quantitative estimate of drug-likeness (QED) is 0.581. The van der Waals surface area contributed by atoms with Crippen molar-refractivity contribution in [1.29, 1.82) is 0 Å². The molecule has 0 aliphatic heterocycles. The van der Waals surface area contributed by atoms with Crippen LogP contribution < -0.4 is 0 Å². The van der Waals surface area contributed by atoms with Crippen LogP contribution in [0.1, 0.15) is 10.4 Å². The molecular weight excluding hydrogens is 164 g/mol. The van der Waals surface area contributed by atoms with Crippen LogP contribution in [0.3, 0.4) is 0 Å². The lowest BCUT2D eigenvalue weighted by Gasteiger charge is -2.01. The van der Waals surface area contributed by atoms with Gasteiger partial charge in [-0.05, 0) is 0 Å². The first-order valence-electron chi connectivity index (χ1n) is 2.90. The number of rotatable bonds is 1. The topological polar surface area (TPSA) is 57.2 Å². The Hall–Kier alpha value is -1.00. The van der Waals surface area contributed by atoms with E-state index in [1.54, 1.807) is 18.2 Å². The molecule has 3 nitrogen and oxygen atoms in total. The van der Waals surface area contributed by atoms with E-state index in [1.807, 2.05) is 0 Å². The molecule has 0 bridgehead atoms. The largest absolute Gasteiger partial charge is 0.766 e. The van der Waals surface area contributed by atoms with Gasteiger partial charge in [-0.3, -0.25) is 9.00 Å². The molecule has 0 heterocycles. The molecule has 0 saturated carbocycles. The van der Waals surface area contributed by atoms with Crippen LogP contribution in [0.4, 0.5) is 0 Å². The molecule has 0 radical (unpaired) electrons. The Morgan fingerprint density at radius 1 is 1.27 bits per heavy atom. The minimum atomic E-state index is -2.65. The van der Waals surface area contributed by atoms with Crippen molar-refractivity contribution in [2.45, 2.75) is 0 Å². The molecule has 0 aromatic heterocycles. The monoisotopic (exact) mass is 169 g/mol. The van der Waals surface area contributed by atoms with E-state index in [0.717, 1.165) is 0 Å². The first-order chi connectivity index (χ1) is 5.22. The third kappa shape index (κ3) is 1.96. The minimum absolute atomic E-state index is 0.195. The fraction of sp³-hybridized carbons (Fsp3) is 0. The van der Waals surface area contributed by atoms with Gasteiger partial charge in [0, 0.05) is 16.6 Å². The SMILES string of the molecule is O=C(c1ccccc1)S(=O)[O-]. The summed E-state index contributed by atoms with van der Waals surface area (Å²) in [5.74, 6) is 0. The highest BCUT2D eigenvalue weighted by Gasteiger charge is 2.02. The Morgan fingerprint density at radius 3 is 2.27 bits per heavy atom. The molecule has 0 aliphatic rings. The van der Waals surface area contributed by atoms with Crippen molar-refractivity contribution in [2.75, 3.05) is 0 Å². The molecule has 58 valence electrons. The van der Waals surface area contributed by atoms with Crippen molar-refractivity contribution in [3.8, 4) is 0 Å². The lowest BCUT2D eigenvalue weighted by atomic mass is 10.2. The molecule has 0 aliphatic carbocycles. The first-order valence-corrected chi connectivity index (χ1v) is 3.98. The fourth-order valence-corrected chi connectivity index (χ4v) is 0.999. The van der Waals surface area contributed by atoms with E-state index < -0.39 is 16.2 Å². The molecule has 0 saturated heterocycles. The van der Waals surface area contributed by atoms with E-state index in [0.29, 0.717) is 0 Å². The van der Waals surface area contributed by atoms with E-state index in [-0.39, 0.29) is 5.56 Å². The Kier molecular flexibility index (Phi) is 2.51. The van der Waals surface area contributed by atoms with Crippen LogP contribution in [-0.4, -0.2) is 13.9 Å². The molecule has 1 aromatic rings. The van der Waals surface area contributed by atoms with Gasteiger partial charge in [0.1, 0.15) is 0 Å². The van der Waals surface area contributed by atoms with Gasteiger partial charge in [-0.1, -0.05) is 30.3 Å². The molecule has 0 N–H and O–H groups in total. The maximum atomic E-state index is 10.7. The zero-order valence-electron chi connectivity index (χ0n) is 5.52. The van der Waals surface area contributed by atoms with Crippen molar-refractivity contribution >= 4 is 16.2 Å². The van der Waals surface area contributed by atoms with Gasteiger partial charge in [0.2, 0.25) is 5.12 Å². The van der Waals surface area contributed by atoms with Gasteiger partial charge in [0.05, 0.1) is 0 Å². The van der Waals surface area contributed by atoms with E-state index >= 15 is 0 Å². The van der Waals surface area contributed by atoms with Gasteiger partial charge < -0.3 is 4.55 Å². The highest BCUT2D eigenvalue weighted by atomic mass is 32.2. The maximum absolute atomic E-state index is 10.7. The molecule has 0 fully saturated rings. The molecular formula is C7H5O3S-. The summed E-state index contributed by atoms with van der Waals surface area (Å²) in [6.45, 7) is 0. The van der Waals surface area contributed by atoms with Crippen molar-refractivity contribution in [2.24, 2.45) is 0 Å². The van der Waals surface area contributed by atoms with Crippen molar-refractivity contribution in [3.05, 3.63) is 35.9 Å². The van der Waals surface area contributed by atoms with Crippen LogP contribution in [0.2, 0.25) is 0 Å². The highest BCUT2D eigenvalue weighted by Crippen LogP contribution is 2.00. The van der Waals surface area contributed by atoms with Gasteiger partial charge in [0.15, 0.2) is 0 Å². The molecule has 1 rings (SSSR count). The van der Waals surface area contributed by atoms with Crippen LogP contribution in [-0.2, 0) is 11.1 Å². The summed E-state index contributed by atoms with van der Waals surface area (Å²) >= 11 is -2.65. The Labute approximate surface area is 66.3 Å². The molecule has 1 aromatic carbocycles. The molecule has 11 heavy (non-hydrogen) atoms. The number of hydrogen-bond acceptors (Lipinski definition) is 3. The van der Waals surface area contributed by atoms with Gasteiger partial charge >= 0.3 is 0 Å². The third-order valence-electron chi connectivity index (χ3n) is 1.16. The smallest absolute Gasteiger partial charge is 0.236 e. The summed E-state index contributed by atoms with van der Waals surface area (Å²) in [6.07, 6.45) is 0.